The number of nitrogens with one attached hydrogen (secondary N) is 1. The Balaban J connectivity index is 2.32. The molecule has 0 amide bonds. The van der Waals surface area contributed by atoms with E-state index in [9.17, 15) is 0 Å². The van der Waals surface area contributed by atoms with Gasteiger partial charge in [0, 0.05) is 7.05 Å². The smallest absolute Gasteiger partial charge is 0.247 e. The summed E-state index contributed by atoms with van der Waals surface area (Å²) < 4.78 is 6.62. The molecule has 0 unspecified atom stereocenters. The molecule has 7 nitrogen and oxygen atoms in total. The van der Waals surface area contributed by atoms with E-state index in [1.54, 1.807) is 20.2 Å². The van der Waals surface area contributed by atoms with Crippen molar-refractivity contribution in [2.75, 3.05) is 18.2 Å². The number of aromatic nitrogens is 4. The van der Waals surface area contributed by atoms with Gasteiger partial charge in [0.25, 0.3) is 0 Å². The lowest BCUT2D eigenvalue weighted by atomic mass is 10.2. The highest BCUT2D eigenvalue weighted by molar-refractivity contribution is 5.75. The first kappa shape index (κ1) is 10.2. The number of rotatable bonds is 3. The van der Waals surface area contributed by atoms with Crippen molar-refractivity contribution in [1.29, 1.82) is 0 Å². The quantitative estimate of drug-likeness (QED) is 0.734. The number of ether oxygens (including phenoxy) is 1. The molecular weight excluding hydrogens is 208 g/mol. The van der Waals surface area contributed by atoms with Gasteiger partial charge in [0.15, 0.2) is 0 Å². The largest absolute Gasteiger partial charge is 0.495 e. The summed E-state index contributed by atoms with van der Waals surface area (Å²) in [6, 6.07) is 5.45. The number of methoxy groups -OCH3 is 1. The van der Waals surface area contributed by atoms with Gasteiger partial charge in [-0.15, -0.1) is 0 Å². The molecule has 0 radical (unpaired) electrons. The van der Waals surface area contributed by atoms with E-state index < -0.39 is 0 Å². The van der Waals surface area contributed by atoms with Crippen LogP contribution in [0.5, 0.6) is 5.75 Å². The van der Waals surface area contributed by atoms with Crippen molar-refractivity contribution < 1.29 is 4.74 Å². The number of nitrogens with two attached hydrogens (primary N) is 1. The molecule has 2 rings (SSSR count). The molecule has 0 aliphatic carbocycles. The summed E-state index contributed by atoms with van der Waals surface area (Å²) in [7, 11) is 3.30. The Morgan fingerprint density at radius 2 is 2.25 bits per heavy atom. The molecule has 1 heterocycles. The second kappa shape index (κ2) is 4.05. The number of nitrogen functional groups attached to an aromatic ring is 1. The Bertz CT molecular complexity index is 494. The summed E-state index contributed by atoms with van der Waals surface area (Å²) in [4.78, 5) is 0. The summed E-state index contributed by atoms with van der Waals surface area (Å²) >= 11 is 0. The number of hydrogen-bond acceptors (Lipinski definition) is 6. The van der Waals surface area contributed by atoms with Gasteiger partial charge in [-0.1, -0.05) is 11.2 Å². The molecule has 0 aliphatic heterocycles. The summed E-state index contributed by atoms with van der Waals surface area (Å²) in [6.45, 7) is 0. The number of anilines is 3. The fraction of sp³-hybridized carbons (Fsp3) is 0.222. The number of aryl methyl sites for hydroxylation is 1. The zero-order valence-electron chi connectivity index (χ0n) is 9.01. The maximum atomic E-state index is 5.90. The van der Waals surface area contributed by atoms with Gasteiger partial charge in [-0.05, 0) is 22.6 Å². The van der Waals surface area contributed by atoms with Crippen LogP contribution in [-0.2, 0) is 7.05 Å². The van der Waals surface area contributed by atoms with Gasteiger partial charge < -0.3 is 15.8 Å². The zero-order valence-corrected chi connectivity index (χ0v) is 9.01. The lowest BCUT2D eigenvalue weighted by molar-refractivity contribution is 0.417. The second-order valence-electron chi connectivity index (χ2n) is 3.17. The first-order valence-electron chi connectivity index (χ1n) is 4.64. The monoisotopic (exact) mass is 220 g/mol. The van der Waals surface area contributed by atoms with E-state index in [1.165, 1.54) is 4.68 Å². The van der Waals surface area contributed by atoms with Crippen LogP contribution in [0.25, 0.3) is 0 Å². The Kier molecular flexibility index (Phi) is 2.59. The maximum Gasteiger partial charge on any atom is 0.247 e. The zero-order chi connectivity index (χ0) is 11.5. The minimum atomic E-state index is 0.514. The summed E-state index contributed by atoms with van der Waals surface area (Å²) in [5.41, 5.74) is 7.12. The first-order valence-corrected chi connectivity index (χ1v) is 4.64. The Hall–Kier alpha value is -2.31. The van der Waals surface area contributed by atoms with E-state index in [0.717, 1.165) is 0 Å². The fourth-order valence-electron chi connectivity index (χ4n) is 1.29. The van der Waals surface area contributed by atoms with E-state index >= 15 is 0 Å². The van der Waals surface area contributed by atoms with Crippen molar-refractivity contribution in [3.8, 4) is 5.75 Å². The van der Waals surface area contributed by atoms with Crippen LogP contribution in [0, 0.1) is 0 Å². The van der Waals surface area contributed by atoms with Crippen LogP contribution >= 0.6 is 0 Å². The number of tetrazole rings is 1. The molecule has 0 saturated carbocycles. The second-order valence-corrected chi connectivity index (χ2v) is 3.17. The normalized spacial score (nSPS) is 10.1. The highest BCUT2D eigenvalue weighted by atomic mass is 16.5. The first-order chi connectivity index (χ1) is 7.72. The fourth-order valence-corrected chi connectivity index (χ4v) is 1.29. The molecule has 0 saturated heterocycles. The van der Waals surface area contributed by atoms with E-state index in [1.807, 2.05) is 12.1 Å². The van der Waals surface area contributed by atoms with E-state index in [0.29, 0.717) is 23.1 Å². The van der Waals surface area contributed by atoms with Crippen LogP contribution in [0.3, 0.4) is 0 Å². The predicted molar refractivity (Wildman–Crippen MR) is 59.5 cm³/mol. The van der Waals surface area contributed by atoms with Gasteiger partial charge in [-0.25, -0.2) is 4.68 Å². The Morgan fingerprint density at radius 1 is 1.44 bits per heavy atom. The molecule has 7 heteroatoms. The highest BCUT2D eigenvalue weighted by Crippen LogP contribution is 2.30. The average molecular weight is 220 g/mol. The number of hydrogen-bond donors (Lipinski definition) is 2. The summed E-state index contributed by atoms with van der Waals surface area (Å²) in [5.74, 6) is 1.13. The summed E-state index contributed by atoms with van der Waals surface area (Å²) in [5, 5.41) is 14.0. The van der Waals surface area contributed by atoms with Crippen molar-refractivity contribution in [2.24, 2.45) is 7.05 Å². The van der Waals surface area contributed by atoms with Crippen molar-refractivity contribution in [3.05, 3.63) is 18.2 Å². The van der Waals surface area contributed by atoms with Crippen LogP contribution in [0.2, 0.25) is 0 Å². The lowest BCUT2D eigenvalue weighted by Gasteiger charge is -2.10. The van der Waals surface area contributed by atoms with Gasteiger partial charge in [0.1, 0.15) is 5.75 Å². The molecule has 0 bridgehead atoms. The van der Waals surface area contributed by atoms with E-state index in [-0.39, 0.29) is 0 Å². The lowest BCUT2D eigenvalue weighted by Crippen LogP contribution is -2.03. The molecule has 1 aromatic heterocycles. The minimum absolute atomic E-state index is 0.514. The molecule has 2 aromatic rings. The highest BCUT2D eigenvalue weighted by Gasteiger charge is 2.08. The van der Waals surface area contributed by atoms with Crippen molar-refractivity contribution in [2.45, 2.75) is 0 Å². The van der Waals surface area contributed by atoms with Crippen LogP contribution in [0.4, 0.5) is 17.3 Å². The van der Waals surface area contributed by atoms with Crippen LogP contribution in [0.15, 0.2) is 18.2 Å². The average Bonchev–Trinajstić information content (AvgIpc) is 2.68. The Labute approximate surface area is 92.2 Å². The van der Waals surface area contributed by atoms with Gasteiger partial charge in [-0.3, -0.25) is 0 Å². The van der Waals surface area contributed by atoms with E-state index in [4.69, 9.17) is 10.5 Å². The molecule has 16 heavy (non-hydrogen) atoms. The number of benzene rings is 1. The van der Waals surface area contributed by atoms with Crippen molar-refractivity contribution in [3.63, 3.8) is 0 Å². The SMILES string of the molecule is COc1cccc(Nc2nnnn2C)c1N. The summed E-state index contributed by atoms with van der Waals surface area (Å²) in [6.07, 6.45) is 0. The van der Waals surface area contributed by atoms with E-state index in [2.05, 4.69) is 20.8 Å². The maximum absolute atomic E-state index is 5.90. The molecule has 1 aromatic carbocycles. The minimum Gasteiger partial charge on any atom is -0.495 e. The number of nitrogens with zero attached hydrogens (tertiary/aromatic N) is 4. The third-order valence-corrected chi connectivity index (χ3v) is 2.15. The predicted octanol–water partition coefficient (Wildman–Crippen LogP) is 0.544. The number of para-hydroxylation sites is 1. The van der Waals surface area contributed by atoms with Gasteiger partial charge in [0.05, 0.1) is 18.5 Å². The van der Waals surface area contributed by atoms with Crippen LogP contribution < -0.4 is 15.8 Å². The molecule has 3 N–H and O–H groups in total. The van der Waals surface area contributed by atoms with Crippen molar-refractivity contribution in [1.82, 2.24) is 20.2 Å². The third kappa shape index (κ3) is 1.74. The molecule has 0 aliphatic rings. The molecular formula is C9H12N6O. The van der Waals surface area contributed by atoms with Crippen LogP contribution in [0.1, 0.15) is 0 Å². The topological polar surface area (TPSA) is 90.9 Å². The standard InChI is InChI=1S/C9H12N6O/c1-15-9(12-13-14-15)11-6-4-3-5-7(16-2)8(6)10/h3-5H,10H2,1-2H3,(H,11,12,14). The Morgan fingerprint density at radius 3 is 2.88 bits per heavy atom. The molecule has 0 fully saturated rings. The van der Waals surface area contributed by atoms with Crippen LogP contribution in [-0.4, -0.2) is 27.3 Å². The van der Waals surface area contributed by atoms with Crippen molar-refractivity contribution >= 4 is 17.3 Å². The molecule has 84 valence electrons. The molecule has 0 atom stereocenters. The van der Waals surface area contributed by atoms with Gasteiger partial charge in [-0.2, -0.15) is 0 Å². The van der Waals surface area contributed by atoms with Gasteiger partial charge in [0.2, 0.25) is 5.95 Å². The van der Waals surface area contributed by atoms with Gasteiger partial charge >= 0.3 is 0 Å². The molecule has 0 spiro atoms. The third-order valence-electron chi connectivity index (χ3n) is 2.15.